The van der Waals surface area contributed by atoms with Crippen molar-refractivity contribution in [3.63, 3.8) is 0 Å². The number of anilines is 2. The minimum atomic E-state index is 0.428. The summed E-state index contributed by atoms with van der Waals surface area (Å²) in [5.74, 6) is 1.82. The summed E-state index contributed by atoms with van der Waals surface area (Å²) in [6.07, 6.45) is 10.9. The average molecular weight is 549 g/mol. The van der Waals surface area contributed by atoms with Gasteiger partial charge in [0.2, 0.25) is 5.95 Å². The summed E-state index contributed by atoms with van der Waals surface area (Å²) in [5, 5.41) is 16.8. The van der Waals surface area contributed by atoms with Crippen molar-refractivity contribution in [2.75, 3.05) is 50.9 Å². The number of ether oxygens (including phenoxy) is 1. The molecule has 2 N–H and O–H groups in total. The van der Waals surface area contributed by atoms with E-state index in [1.807, 2.05) is 36.6 Å². The molecule has 200 valence electrons. The van der Waals surface area contributed by atoms with Gasteiger partial charge in [-0.05, 0) is 55.2 Å². The summed E-state index contributed by atoms with van der Waals surface area (Å²) in [6.45, 7) is 6.14. The molecule has 0 atom stereocenters. The number of nitriles is 1. The minimum Gasteiger partial charge on any atom is -0.493 e. The molecule has 3 heterocycles. The Morgan fingerprint density at radius 3 is 2.84 bits per heavy atom. The van der Waals surface area contributed by atoms with Crippen LogP contribution in [0.3, 0.4) is 0 Å². The molecule has 1 saturated heterocycles. The molecular formula is C29H36N6OS2. The molecule has 38 heavy (non-hydrogen) atoms. The summed E-state index contributed by atoms with van der Waals surface area (Å²) in [4.78, 5) is 13.0. The maximum Gasteiger partial charge on any atom is 0.227 e. The molecular weight excluding hydrogens is 512 g/mol. The van der Waals surface area contributed by atoms with Gasteiger partial charge < -0.3 is 20.3 Å². The highest BCUT2D eigenvalue weighted by Gasteiger charge is 2.27. The highest BCUT2D eigenvalue weighted by molar-refractivity contribution is 8.00. The topological polar surface area (TPSA) is 86.1 Å². The van der Waals surface area contributed by atoms with Crippen molar-refractivity contribution in [3.05, 3.63) is 47.7 Å². The van der Waals surface area contributed by atoms with Gasteiger partial charge in [0.1, 0.15) is 11.8 Å². The van der Waals surface area contributed by atoms with Crippen molar-refractivity contribution in [1.29, 1.82) is 5.26 Å². The Morgan fingerprint density at radius 2 is 2.05 bits per heavy atom. The molecule has 1 aliphatic carbocycles. The number of thioether (sulfide) groups is 1. The standard InChI is InChI=1S/C29H36N6OS2/c1-37-28-24(20-30)26(21-7-3-2-4-8-21)27(38-28)25-11-12-32-29(34-25)33-22-9-5-10-23(19-22)36-18-6-15-35-16-13-31-14-17-35/h5,9-12,19,21,31H,2-4,6-8,13-18H2,1H3,(H,32,33,34). The lowest BCUT2D eigenvalue weighted by Gasteiger charge is -2.26. The van der Waals surface area contributed by atoms with E-state index in [0.717, 1.165) is 83.8 Å². The van der Waals surface area contributed by atoms with Crippen molar-refractivity contribution in [2.24, 2.45) is 0 Å². The number of hydrogen-bond donors (Lipinski definition) is 2. The first-order valence-electron chi connectivity index (χ1n) is 13.6. The third-order valence-electron chi connectivity index (χ3n) is 7.30. The normalized spacial score (nSPS) is 16.7. The van der Waals surface area contributed by atoms with Crippen LogP contribution < -0.4 is 15.4 Å². The molecule has 0 bridgehead atoms. The monoisotopic (exact) mass is 548 g/mol. The predicted octanol–water partition coefficient (Wildman–Crippen LogP) is 6.26. The smallest absolute Gasteiger partial charge is 0.227 e. The molecule has 0 spiro atoms. The second-order valence-electron chi connectivity index (χ2n) is 9.87. The minimum absolute atomic E-state index is 0.428. The Morgan fingerprint density at radius 1 is 1.21 bits per heavy atom. The fraction of sp³-hybridized carbons (Fsp3) is 0.483. The van der Waals surface area contributed by atoms with Crippen LogP contribution in [-0.4, -0.2) is 60.5 Å². The second-order valence-corrected chi connectivity index (χ2v) is 12.0. The number of thiophene rings is 1. The van der Waals surface area contributed by atoms with Gasteiger partial charge in [0.05, 0.1) is 27.0 Å². The molecule has 1 saturated carbocycles. The lowest BCUT2D eigenvalue weighted by molar-refractivity contribution is 0.214. The first kappa shape index (κ1) is 26.9. The molecule has 7 nitrogen and oxygen atoms in total. The molecule has 1 aromatic carbocycles. The molecule has 1 aliphatic heterocycles. The van der Waals surface area contributed by atoms with Crippen LogP contribution in [0.1, 0.15) is 55.6 Å². The Balaban J connectivity index is 1.28. The third-order valence-corrected chi connectivity index (χ3v) is 9.65. The zero-order valence-corrected chi connectivity index (χ0v) is 23.7. The number of aromatic nitrogens is 2. The fourth-order valence-corrected chi connectivity index (χ4v) is 7.38. The number of rotatable bonds is 10. The Kier molecular flexibility index (Phi) is 9.52. The zero-order valence-electron chi connectivity index (χ0n) is 22.0. The third kappa shape index (κ3) is 6.67. The van der Waals surface area contributed by atoms with Gasteiger partial charge in [-0.1, -0.05) is 25.3 Å². The SMILES string of the molecule is CSc1sc(-c2ccnc(Nc3cccc(OCCCN4CCNCC4)c3)n2)c(C2CCCCC2)c1C#N. The van der Waals surface area contributed by atoms with E-state index in [4.69, 9.17) is 9.72 Å². The van der Waals surface area contributed by atoms with Crippen LogP contribution in [0.4, 0.5) is 11.6 Å². The summed E-state index contributed by atoms with van der Waals surface area (Å²) in [5.41, 5.74) is 3.81. The Hall–Kier alpha value is -2.64. The van der Waals surface area contributed by atoms with Crippen LogP contribution in [0.2, 0.25) is 0 Å². The van der Waals surface area contributed by atoms with Crippen LogP contribution in [0.5, 0.6) is 5.75 Å². The van der Waals surface area contributed by atoms with Crippen molar-refractivity contribution in [1.82, 2.24) is 20.2 Å². The first-order chi connectivity index (χ1) is 18.7. The van der Waals surface area contributed by atoms with E-state index >= 15 is 0 Å². The maximum atomic E-state index is 10.0. The highest BCUT2D eigenvalue weighted by atomic mass is 32.2. The van der Waals surface area contributed by atoms with E-state index in [2.05, 4.69) is 26.6 Å². The second kappa shape index (κ2) is 13.4. The van der Waals surface area contributed by atoms with Gasteiger partial charge >= 0.3 is 0 Å². The van der Waals surface area contributed by atoms with E-state index in [-0.39, 0.29) is 0 Å². The van der Waals surface area contributed by atoms with Crippen LogP contribution in [0.25, 0.3) is 10.6 Å². The molecule has 0 amide bonds. The zero-order chi connectivity index (χ0) is 26.2. The number of nitrogens with one attached hydrogen (secondary N) is 2. The first-order valence-corrected chi connectivity index (χ1v) is 15.7. The number of benzene rings is 1. The molecule has 2 aliphatic rings. The molecule has 5 rings (SSSR count). The largest absolute Gasteiger partial charge is 0.493 e. The van der Waals surface area contributed by atoms with Crippen molar-refractivity contribution in [3.8, 4) is 22.4 Å². The number of piperazine rings is 1. The van der Waals surface area contributed by atoms with Gasteiger partial charge in [0.25, 0.3) is 0 Å². The summed E-state index contributed by atoms with van der Waals surface area (Å²) in [6, 6.07) is 12.5. The van der Waals surface area contributed by atoms with E-state index < -0.39 is 0 Å². The van der Waals surface area contributed by atoms with Gasteiger partial charge in [0, 0.05) is 50.7 Å². The predicted molar refractivity (Wildman–Crippen MR) is 157 cm³/mol. The Labute approximate surface area is 234 Å². The van der Waals surface area contributed by atoms with Crippen LogP contribution in [0, 0.1) is 11.3 Å². The molecule has 0 radical (unpaired) electrons. The Bertz CT molecular complexity index is 1240. The number of nitrogens with zero attached hydrogens (tertiary/aromatic N) is 4. The fourth-order valence-electron chi connectivity index (χ4n) is 5.39. The summed E-state index contributed by atoms with van der Waals surface area (Å²) >= 11 is 3.35. The van der Waals surface area contributed by atoms with Gasteiger partial charge in [0.15, 0.2) is 0 Å². The van der Waals surface area contributed by atoms with Crippen LogP contribution >= 0.6 is 23.1 Å². The van der Waals surface area contributed by atoms with Crippen molar-refractivity contribution in [2.45, 2.75) is 48.7 Å². The van der Waals surface area contributed by atoms with Gasteiger partial charge in [-0.15, -0.1) is 23.1 Å². The molecule has 2 fully saturated rings. The van der Waals surface area contributed by atoms with Gasteiger partial charge in [-0.3, -0.25) is 0 Å². The van der Waals surface area contributed by atoms with Crippen LogP contribution in [-0.2, 0) is 0 Å². The average Bonchev–Trinajstić information content (AvgIpc) is 3.36. The number of hydrogen-bond acceptors (Lipinski definition) is 9. The van der Waals surface area contributed by atoms with Crippen molar-refractivity contribution < 1.29 is 4.74 Å². The van der Waals surface area contributed by atoms with Crippen LogP contribution in [0.15, 0.2) is 40.7 Å². The van der Waals surface area contributed by atoms with E-state index in [9.17, 15) is 5.26 Å². The molecule has 3 aromatic rings. The molecule has 0 unspecified atom stereocenters. The summed E-state index contributed by atoms with van der Waals surface area (Å²) < 4.78 is 7.12. The van der Waals surface area contributed by atoms with Crippen molar-refractivity contribution >= 4 is 34.7 Å². The van der Waals surface area contributed by atoms with E-state index in [1.54, 1.807) is 29.3 Å². The quantitative estimate of drug-likeness (QED) is 0.227. The summed E-state index contributed by atoms with van der Waals surface area (Å²) in [7, 11) is 0. The lowest BCUT2D eigenvalue weighted by Crippen LogP contribution is -2.43. The van der Waals surface area contributed by atoms with Gasteiger partial charge in [-0.25, -0.2) is 9.97 Å². The van der Waals surface area contributed by atoms with Gasteiger partial charge in [-0.2, -0.15) is 5.26 Å². The lowest BCUT2D eigenvalue weighted by atomic mass is 9.82. The van der Waals surface area contributed by atoms with E-state index in [0.29, 0.717) is 18.5 Å². The molecule has 9 heteroatoms. The van der Waals surface area contributed by atoms with E-state index in [1.165, 1.54) is 24.8 Å². The highest BCUT2D eigenvalue weighted by Crippen LogP contribution is 2.47. The molecule has 2 aromatic heterocycles. The maximum absolute atomic E-state index is 10.0.